The lowest BCUT2D eigenvalue weighted by molar-refractivity contribution is -0.206. The molecule has 2 aliphatic carbocycles. The summed E-state index contributed by atoms with van der Waals surface area (Å²) in [5.41, 5.74) is 8.96. The third-order valence-electron chi connectivity index (χ3n) is 9.30. The number of hydrogen-bond acceptors (Lipinski definition) is 8. The summed E-state index contributed by atoms with van der Waals surface area (Å²) >= 11 is 6.76. The van der Waals surface area contributed by atoms with E-state index >= 15 is 0 Å². The van der Waals surface area contributed by atoms with Gasteiger partial charge >= 0.3 is 6.18 Å². The van der Waals surface area contributed by atoms with Gasteiger partial charge in [-0.15, -0.1) is 5.53 Å². The number of rotatable bonds is 9. The number of hydrogen-bond donors (Lipinski definition) is 4. The minimum Gasteiger partial charge on any atom is -0.382 e. The van der Waals surface area contributed by atoms with Crippen molar-refractivity contribution in [3.05, 3.63) is 82.9 Å². The van der Waals surface area contributed by atoms with Crippen LogP contribution in [-0.2, 0) is 0 Å². The summed E-state index contributed by atoms with van der Waals surface area (Å²) in [5, 5.41) is 20.3. The van der Waals surface area contributed by atoms with Gasteiger partial charge in [-0.2, -0.15) is 18.4 Å². The number of nitrogens with zero attached hydrogens (tertiary/aromatic N) is 4. The van der Waals surface area contributed by atoms with E-state index in [-0.39, 0.29) is 22.8 Å². The van der Waals surface area contributed by atoms with Crippen molar-refractivity contribution >= 4 is 44.8 Å². The van der Waals surface area contributed by atoms with E-state index in [1.165, 1.54) is 19.0 Å². The zero-order chi connectivity index (χ0) is 31.6. The van der Waals surface area contributed by atoms with Gasteiger partial charge < -0.3 is 16.1 Å². The zero-order valence-corrected chi connectivity index (χ0v) is 25.5. The second-order valence-corrected chi connectivity index (χ2v) is 13.2. The number of fused-ring (bicyclic) bond motifs is 2. The number of nitriles is 1. The molecule has 4 aromatic rings. The van der Waals surface area contributed by atoms with Crippen molar-refractivity contribution in [1.29, 1.82) is 5.26 Å². The molecule has 4 N–H and O–H groups in total. The van der Waals surface area contributed by atoms with Crippen molar-refractivity contribution in [2.24, 2.45) is 11.3 Å². The maximum Gasteiger partial charge on any atom is 0.395 e. The Balaban J connectivity index is 1.31. The summed E-state index contributed by atoms with van der Waals surface area (Å²) in [5.74, 6) is 0.685. The molecule has 0 radical (unpaired) electrons. The first kappa shape index (κ1) is 29.4. The van der Waals surface area contributed by atoms with Crippen LogP contribution in [0.1, 0.15) is 56.7 Å². The molecule has 232 valence electrons. The van der Waals surface area contributed by atoms with E-state index in [0.29, 0.717) is 27.5 Å². The number of nitrogens with one attached hydrogen (secondary N) is 4. The summed E-state index contributed by atoms with van der Waals surface area (Å²) in [6, 6.07) is 15.1. The summed E-state index contributed by atoms with van der Waals surface area (Å²) in [6.45, 7) is 1.80. The fourth-order valence-electron chi connectivity index (χ4n) is 6.21. The molecule has 12 heteroatoms. The summed E-state index contributed by atoms with van der Waals surface area (Å²) in [6.07, 6.45) is 5.53. The highest BCUT2D eigenvalue weighted by Gasteiger charge is 2.58. The molecule has 0 saturated heterocycles. The Kier molecular flexibility index (Phi) is 6.98. The molecular weight excluding hydrogens is 601 g/mol. The lowest BCUT2D eigenvalue weighted by atomic mass is 9.92. The monoisotopic (exact) mass is 632 g/mol. The normalized spacial score (nSPS) is 18.3. The molecule has 0 spiro atoms. The van der Waals surface area contributed by atoms with Crippen LogP contribution in [0.15, 0.2) is 66.8 Å². The first-order valence-corrected chi connectivity index (χ1v) is 15.3. The summed E-state index contributed by atoms with van der Waals surface area (Å²) in [7, 11) is 0. The van der Waals surface area contributed by atoms with Crippen LogP contribution in [0.2, 0.25) is 5.02 Å². The molecule has 3 heterocycles. The number of benzene rings is 2. The van der Waals surface area contributed by atoms with E-state index < -0.39 is 18.1 Å². The molecule has 8 nitrogen and oxygen atoms in total. The van der Waals surface area contributed by atoms with Crippen molar-refractivity contribution in [3.63, 3.8) is 0 Å². The first-order valence-electron chi connectivity index (χ1n) is 15.0. The van der Waals surface area contributed by atoms with Gasteiger partial charge in [0.15, 0.2) is 0 Å². The Morgan fingerprint density at radius 1 is 1.13 bits per heavy atom. The van der Waals surface area contributed by atoms with Gasteiger partial charge in [-0.3, -0.25) is 15.0 Å². The molecule has 2 aromatic heterocycles. The molecular formula is C33H32ClF3N8. The number of pyridine rings is 2. The topological polar surface area (TPSA) is 101 Å². The number of halogens is 4. The maximum absolute atomic E-state index is 13.7. The van der Waals surface area contributed by atoms with E-state index in [1.807, 2.05) is 30.3 Å². The third kappa shape index (κ3) is 5.26. The Morgan fingerprint density at radius 3 is 2.64 bits per heavy atom. The average molecular weight is 633 g/mol. The van der Waals surface area contributed by atoms with Crippen LogP contribution in [0.3, 0.4) is 0 Å². The molecule has 2 aromatic carbocycles. The number of aromatic nitrogens is 2. The van der Waals surface area contributed by atoms with Crippen LogP contribution >= 0.6 is 11.6 Å². The molecule has 1 atom stereocenters. The zero-order valence-electron chi connectivity index (χ0n) is 24.8. The SMILES string of the molecule is CC(C)(CNc1c(C#N)cnc2c(Cl)cc(N[C@H](C3=CN(C4(C5CC5)CC4)NN3)c3cccc4ncccc34)cc12)C(F)(F)F. The average Bonchev–Trinajstić information content (AvgIpc) is 3.95. The van der Waals surface area contributed by atoms with Gasteiger partial charge in [0.05, 0.1) is 50.0 Å². The highest BCUT2D eigenvalue weighted by atomic mass is 35.5. The van der Waals surface area contributed by atoms with Crippen LogP contribution in [0.5, 0.6) is 0 Å². The standard InChI is InChI=1S/C33H32ClF3N8/c1-31(2,33(35,36)37)18-41-28-19(15-38)16-40-29-24(28)13-21(14-25(29)34)42-30(23-5-3-7-26-22(23)6-4-12-39-26)27-17-45(44-43-27)32(10-11-32)20-8-9-20/h3-7,12-14,16-17,20,30,42-44H,8-11,18H2,1-2H3,(H,40,41)/t30-/m0/s1. The summed E-state index contributed by atoms with van der Waals surface area (Å²) in [4.78, 5) is 8.93. The van der Waals surface area contributed by atoms with Crippen molar-refractivity contribution < 1.29 is 13.2 Å². The minimum absolute atomic E-state index is 0.125. The van der Waals surface area contributed by atoms with Crippen LogP contribution < -0.4 is 21.6 Å². The van der Waals surface area contributed by atoms with E-state index in [0.717, 1.165) is 48.9 Å². The maximum atomic E-state index is 13.7. The van der Waals surface area contributed by atoms with E-state index in [4.69, 9.17) is 11.6 Å². The highest BCUT2D eigenvalue weighted by Crippen LogP contribution is 2.57. The Morgan fingerprint density at radius 2 is 1.93 bits per heavy atom. The molecule has 0 unspecified atom stereocenters. The number of hydrazine groups is 2. The van der Waals surface area contributed by atoms with Gasteiger partial charge in [0, 0.05) is 41.6 Å². The minimum atomic E-state index is -4.44. The van der Waals surface area contributed by atoms with Crippen molar-refractivity contribution in [2.45, 2.75) is 57.3 Å². The molecule has 2 saturated carbocycles. The first-order chi connectivity index (χ1) is 21.5. The molecule has 2 fully saturated rings. The quantitative estimate of drug-likeness (QED) is 0.150. The van der Waals surface area contributed by atoms with Gasteiger partial charge in [-0.25, -0.2) is 0 Å². The molecule has 0 bridgehead atoms. The predicted octanol–water partition coefficient (Wildman–Crippen LogP) is 7.57. The van der Waals surface area contributed by atoms with E-state index in [2.05, 4.69) is 48.8 Å². The summed E-state index contributed by atoms with van der Waals surface area (Å²) < 4.78 is 41.1. The van der Waals surface area contributed by atoms with E-state index in [1.54, 1.807) is 18.3 Å². The Labute approximate surface area is 263 Å². The lowest BCUT2D eigenvalue weighted by Gasteiger charge is -2.29. The van der Waals surface area contributed by atoms with Gasteiger partial charge in [-0.1, -0.05) is 29.8 Å². The van der Waals surface area contributed by atoms with Crippen LogP contribution in [0.25, 0.3) is 21.8 Å². The second kappa shape index (κ2) is 10.7. The predicted molar refractivity (Wildman–Crippen MR) is 169 cm³/mol. The molecule has 1 aliphatic heterocycles. The van der Waals surface area contributed by atoms with Gasteiger partial charge in [0.1, 0.15) is 6.07 Å². The lowest BCUT2D eigenvalue weighted by Crippen LogP contribution is -2.46. The van der Waals surface area contributed by atoms with Gasteiger partial charge in [0.2, 0.25) is 0 Å². The van der Waals surface area contributed by atoms with Gasteiger partial charge in [0.25, 0.3) is 0 Å². The number of anilines is 2. The largest absolute Gasteiger partial charge is 0.395 e. The number of alkyl halides is 3. The molecule has 7 rings (SSSR count). The Hall–Kier alpha value is -4.27. The Bertz CT molecular complexity index is 1870. The molecule has 45 heavy (non-hydrogen) atoms. The fourth-order valence-corrected chi connectivity index (χ4v) is 6.47. The fraction of sp³-hybridized carbons (Fsp3) is 0.364. The van der Waals surface area contributed by atoms with Crippen LogP contribution in [0, 0.1) is 22.7 Å². The van der Waals surface area contributed by atoms with Crippen molar-refractivity contribution in [1.82, 2.24) is 25.9 Å². The smallest absolute Gasteiger partial charge is 0.382 e. The molecule has 3 aliphatic rings. The molecule has 0 amide bonds. The second-order valence-electron chi connectivity index (χ2n) is 12.8. The van der Waals surface area contributed by atoms with Crippen molar-refractivity contribution in [2.75, 3.05) is 17.2 Å². The van der Waals surface area contributed by atoms with Crippen LogP contribution in [0.4, 0.5) is 24.5 Å². The van der Waals surface area contributed by atoms with Crippen LogP contribution in [-0.4, -0.2) is 33.2 Å². The van der Waals surface area contributed by atoms with Crippen molar-refractivity contribution in [3.8, 4) is 6.07 Å². The van der Waals surface area contributed by atoms with E-state index in [9.17, 15) is 18.4 Å². The van der Waals surface area contributed by atoms with Gasteiger partial charge in [-0.05, 0) is 75.3 Å². The highest BCUT2D eigenvalue weighted by molar-refractivity contribution is 6.35. The third-order valence-corrected chi connectivity index (χ3v) is 9.59.